The second-order valence-corrected chi connectivity index (χ2v) is 5.80. The molecule has 26 heavy (non-hydrogen) atoms. The van der Waals surface area contributed by atoms with Crippen LogP contribution in [0.5, 0.6) is 5.75 Å². The van der Waals surface area contributed by atoms with E-state index in [0.29, 0.717) is 22.3 Å². The number of benzene rings is 1. The Hall–Kier alpha value is -3.29. The van der Waals surface area contributed by atoms with E-state index in [4.69, 9.17) is 9.47 Å². The van der Waals surface area contributed by atoms with E-state index >= 15 is 0 Å². The third-order valence-electron chi connectivity index (χ3n) is 4.16. The Morgan fingerprint density at radius 3 is 2.69 bits per heavy atom. The number of pyridine rings is 1. The van der Waals surface area contributed by atoms with Crippen LogP contribution in [0, 0.1) is 0 Å². The van der Waals surface area contributed by atoms with Crippen molar-refractivity contribution in [2.75, 3.05) is 13.7 Å². The first-order valence-corrected chi connectivity index (χ1v) is 8.11. The molecule has 0 fully saturated rings. The normalized spacial score (nSPS) is 16.9. The molecule has 1 atom stereocenters. The van der Waals surface area contributed by atoms with Crippen molar-refractivity contribution in [3.63, 3.8) is 0 Å². The van der Waals surface area contributed by atoms with Crippen LogP contribution in [0.4, 0.5) is 4.79 Å². The van der Waals surface area contributed by atoms with Gasteiger partial charge in [-0.05, 0) is 38.1 Å². The molecule has 8 nitrogen and oxygen atoms in total. The van der Waals surface area contributed by atoms with Gasteiger partial charge in [0, 0.05) is 22.2 Å². The van der Waals surface area contributed by atoms with Crippen molar-refractivity contribution < 1.29 is 19.1 Å². The standard InChI is InChI=1S/C18H19N3O5/c1-4-26-17(23)14-9(2)19-18(24)21-15(14)12-8-10-7-11(25-3)5-6-13(10)20-16(12)22/h5-8,15H,4H2,1-3H3,(H,20,22)(H2,19,21,24). The van der Waals surface area contributed by atoms with E-state index in [1.165, 1.54) is 0 Å². The van der Waals surface area contributed by atoms with Gasteiger partial charge in [-0.2, -0.15) is 0 Å². The molecule has 0 aliphatic carbocycles. The Balaban J connectivity index is 2.17. The molecule has 3 N–H and O–H groups in total. The molecule has 0 saturated carbocycles. The van der Waals surface area contributed by atoms with Crippen LogP contribution in [0.25, 0.3) is 10.9 Å². The molecule has 1 aromatic carbocycles. The number of allylic oxidation sites excluding steroid dienone is 1. The number of methoxy groups -OCH3 is 1. The number of aromatic nitrogens is 1. The number of carbonyl (C=O) groups excluding carboxylic acids is 2. The topological polar surface area (TPSA) is 110 Å². The lowest BCUT2D eigenvalue weighted by Gasteiger charge is -2.27. The lowest BCUT2D eigenvalue weighted by molar-refractivity contribution is -0.139. The van der Waals surface area contributed by atoms with E-state index in [9.17, 15) is 14.4 Å². The summed E-state index contributed by atoms with van der Waals surface area (Å²) in [4.78, 5) is 39.7. The average molecular weight is 357 g/mol. The molecule has 1 aromatic heterocycles. The number of fused-ring (bicyclic) bond motifs is 1. The summed E-state index contributed by atoms with van der Waals surface area (Å²) in [7, 11) is 1.55. The van der Waals surface area contributed by atoms with E-state index in [1.54, 1.807) is 45.2 Å². The highest BCUT2D eigenvalue weighted by Gasteiger charge is 2.33. The highest BCUT2D eigenvalue weighted by atomic mass is 16.5. The summed E-state index contributed by atoms with van der Waals surface area (Å²) in [6.45, 7) is 3.46. The van der Waals surface area contributed by atoms with Crippen molar-refractivity contribution in [1.29, 1.82) is 0 Å². The van der Waals surface area contributed by atoms with Crippen LogP contribution in [0.15, 0.2) is 40.3 Å². The van der Waals surface area contributed by atoms with Gasteiger partial charge in [0.15, 0.2) is 0 Å². The lowest BCUT2D eigenvalue weighted by Crippen LogP contribution is -2.46. The number of hydrogen-bond acceptors (Lipinski definition) is 5. The first kappa shape index (κ1) is 17.5. The second-order valence-electron chi connectivity index (χ2n) is 5.80. The monoisotopic (exact) mass is 357 g/mol. The molecule has 2 amide bonds. The predicted octanol–water partition coefficient (Wildman–Crippen LogP) is 1.73. The maximum absolute atomic E-state index is 12.6. The summed E-state index contributed by atoms with van der Waals surface area (Å²) in [5, 5.41) is 5.88. The number of urea groups is 1. The molecule has 8 heteroatoms. The van der Waals surface area contributed by atoms with Gasteiger partial charge in [-0.1, -0.05) is 0 Å². The lowest BCUT2D eigenvalue weighted by atomic mass is 9.95. The molecular formula is C18H19N3O5. The maximum Gasteiger partial charge on any atom is 0.338 e. The number of hydrogen-bond donors (Lipinski definition) is 3. The highest BCUT2D eigenvalue weighted by molar-refractivity contribution is 5.95. The molecule has 0 bridgehead atoms. The van der Waals surface area contributed by atoms with Crippen LogP contribution < -0.4 is 20.9 Å². The van der Waals surface area contributed by atoms with Crippen LogP contribution in [-0.2, 0) is 9.53 Å². The first-order chi connectivity index (χ1) is 12.4. The number of rotatable bonds is 4. The number of esters is 1. The quantitative estimate of drug-likeness (QED) is 0.722. The number of carbonyl (C=O) groups is 2. The Morgan fingerprint density at radius 1 is 1.23 bits per heavy atom. The molecular weight excluding hydrogens is 338 g/mol. The van der Waals surface area contributed by atoms with Gasteiger partial charge in [-0.25, -0.2) is 9.59 Å². The minimum absolute atomic E-state index is 0.182. The Morgan fingerprint density at radius 2 is 2.00 bits per heavy atom. The van der Waals surface area contributed by atoms with Gasteiger partial charge in [-0.3, -0.25) is 4.79 Å². The molecule has 1 aliphatic rings. The minimum Gasteiger partial charge on any atom is -0.497 e. The fourth-order valence-electron chi connectivity index (χ4n) is 2.95. The molecule has 0 saturated heterocycles. The van der Waals surface area contributed by atoms with Crippen molar-refractivity contribution in [3.8, 4) is 5.75 Å². The van der Waals surface area contributed by atoms with Gasteiger partial charge in [0.05, 0.1) is 25.3 Å². The number of amides is 2. The van der Waals surface area contributed by atoms with Gasteiger partial charge in [0.25, 0.3) is 5.56 Å². The molecule has 136 valence electrons. The zero-order valence-electron chi connectivity index (χ0n) is 14.6. The number of ether oxygens (including phenoxy) is 2. The van der Waals surface area contributed by atoms with Crippen molar-refractivity contribution in [2.45, 2.75) is 19.9 Å². The molecule has 2 heterocycles. The van der Waals surface area contributed by atoms with Crippen molar-refractivity contribution in [3.05, 3.63) is 51.5 Å². The third kappa shape index (κ3) is 3.13. The van der Waals surface area contributed by atoms with Crippen molar-refractivity contribution >= 4 is 22.9 Å². The summed E-state index contributed by atoms with van der Waals surface area (Å²) >= 11 is 0. The molecule has 1 aliphatic heterocycles. The summed E-state index contributed by atoms with van der Waals surface area (Å²) < 4.78 is 10.3. The van der Waals surface area contributed by atoms with Gasteiger partial charge >= 0.3 is 12.0 Å². The molecule has 0 spiro atoms. The SMILES string of the molecule is CCOC(=O)C1=C(C)NC(=O)NC1c1cc2cc(OC)ccc2[nH]c1=O. The number of H-pyrrole nitrogens is 1. The van der Waals surface area contributed by atoms with Gasteiger partial charge in [-0.15, -0.1) is 0 Å². The van der Waals surface area contributed by atoms with Crippen LogP contribution in [0.1, 0.15) is 25.5 Å². The Kier molecular flexibility index (Phi) is 4.66. The van der Waals surface area contributed by atoms with E-state index in [0.717, 1.165) is 0 Å². The first-order valence-electron chi connectivity index (χ1n) is 8.11. The zero-order valence-corrected chi connectivity index (χ0v) is 14.6. The smallest absolute Gasteiger partial charge is 0.338 e. The Labute approximate surface area is 149 Å². The van der Waals surface area contributed by atoms with Crippen LogP contribution in [-0.4, -0.2) is 30.7 Å². The van der Waals surface area contributed by atoms with Gasteiger partial charge in [0.2, 0.25) is 0 Å². The highest BCUT2D eigenvalue weighted by Crippen LogP contribution is 2.28. The van der Waals surface area contributed by atoms with Gasteiger partial charge in [0.1, 0.15) is 5.75 Å². The molecule has 1 unspecified atom stereocenters. The second kappa shape index (κ2) is 6.91. The Bertz CT molecular complexity index is 976. The van der Waals surface area contributed by atoms with E-state index < -0.39 is 23.6 Å². The molecule has 2 aromatic rings. The summed E-state index contributed by atoms with van der Waals surface area (Å²) in [5.74, 6) is 0.0369. The van der Waals surface area contributed by atoms with Crippen LogP contribution >= 0.6 is 0 Å². The summed E-state index contributed by atoms with van der Waals surface area (Å²) in [6, 6.07) is 5.46. The summed E-state index contributed by atoms with van der Waals surface area (Å²) in [5.41, 5.74) is 1.01. The fraction of sp³-hybridized carbons (Fsp3) is 0.278. The van der Waals surface area contributed by atoms with E-state index in [2.05, 4.69) is 15.6 Å². The van der Waals surface area contributed by atoms with Crippen molar-refractivity contribution in [2.24, 2.45) is 0 Å². The third-order valence-corrected chi connectivity index (χ3v) is 4.16. The number of aromatic amines is 1. The molecule has 3 rings (SSSR count). The van der Waals surface area contributed by atoms with E-state index in [-0.39, 0.29) is 17.7 Å². The predicted molar refractivity (Wildman–Crippen MR) is 94.9 cm³/mol. The minimum atomic E-state index is -0.915. The van der Waals surface area contributed by atoms with Crippen LogP contribution in [0.2, 0.25) is 0 Å². The van der Waals surface area contributed by atoms with Crippen LogP contribution in [0.3, 0.4) is 0 Å². The fourth-order valence-corrected chi connectivity index (χ4v) is 2.95. The zero-order chi connectivity index (χ0) is 18.8. The summed E-state index contributed by atoms with van der Waals surface area (Å²) in [6.07, 6.45) is 0. The van der Waals surface area contributed by atoms with E-state index in [1.807, 2.05) is 0 Å². The largest absolute Gasteiger partial charge is 0.497 e. The number of nitrogens with one attached hydrogen (secondary N) is 3. The van der Waals surface area contributed by atoms with Gasteiger partial charge < -0.3 is 25.1 Å². The molecule has 0 radical (unpaired) electrons. The average Bonchev–Trinajstić information content (AvgIpc) is 2.60. The van der Waals surface area contributed by atoms with Crippen molar-refractivity contribution in [1.82, 2.24) is 15.6 Å². The maximum atomic E-state index is 12.6.